The molecule has 0 aliphatic rings. The van der Waals surface area contributed by atoms with Crippen LogP contribution in [0, 0.1) is 6.92 Å². The van der Waals surface area contributed by atoms with Crippen LogP contribution >= 0.6 is 0 Å². The molecule has 0 bridgehead atoms. The van der Waals surface area contributed by atoms with Crippen LogP contribution in [0.3, 0.4) is 0 Å². The number of para-hydroxylation sites is 1. The molecule has 0 aliphatic carbocycles. The number of rotatable bonds is 3. The van der Waals surface area contributed by atoms with E-state index < -0.39 is 0 Å². The zero-order valence-corrected chi connectivity index (χ0v) is 8.49. The molecule has 2 heteroatoms. The quantitative estimate of drug-likeness (QED) is 0.765. The number of nitrogens with zero attached hydrogens (tertiary/aromatic N) is 1. The molecule has 1 atom stereocenters. The first kappa shape index (κ1) is 10.1. The van der Waals surface area contributed by atoms with Gasteiger partial charge in [-0.25, -0.2) is 0 Å². The van der Waals surface area contributed by atoms with Crippen molar-refractivity contribution in [3.63, 3.8) is 0 Å². The summed E-state index contributed by atoms with van der Waals surface area (Å²) in [6.07, 6.45) is -0.287. The third kappa shape index (κ3) is 2.74. The number of aliphatic hydroxyl groups excluding tert-OH is 1. The van der Waals surface area contributed by atoms with Gasteiger partial charge in [-0.1, -0.05) is 18.2 Å². The minimum atomic E-state index is -0.287. The minimum Gasteiger partial charge on any atom is -0.392 e. The molecule has 0 saturated heterocycles. The maximum absolute atomic E-state index is 9.23. The Bertz CT molecular complexity index is 271. The van der Waals surface area contributed by atoms with E-state index in [0.29, 0.717) is 6.54 Å². The lowest BCUT2D eigenvalue weighted by molar-refractivity contribution is 0.201. The predicted octanol–water partition coefficient (Wildman–Crippen LogP) is 1.81. The van der Waals surface area contributed by atoms with Gasteiger partial charge in [-0.3, -0.25) is 0 Å². The van der Waals surface area contributed by atoms with E-state index in [1.54, 1.807) is 6.92 Å². The molecule has 0 spiro atoms. The van der Waals surface area contributed by atoms with Crippen molar-refractivity contribution in [2.75, 3.05) is 18.5 Å². The number of anilines is 1. The third-order valence-electron chi connectivity index (χ3n) is 2.06. The molecule has 0 amide bonds. The summed E-state index contributed by atoms with van der Waals surface area (Å²) in [6, 6.07) is 8.18. The maximum Gasteiger partial charge on any atom is 0.0686 e. The normalized spacial score (nSPS) is 12.6. The summed E-state index contributed by atoms with van der Waals surface area (Å²) in [5.74, 6) is 0. The van der Waals surface area contributed by atoms with E-state index in [-0.39, 0.29) is 6.10 Å². The van der Waals surface area contributed by atoms with Crippen molar-refractivity contribution in [1.29, 1.82) is 0 Å². The minimum absolute atomic E-state index is 0.287. The average Bonchev–Trinajstić information content (AvgIpc) is 2.03. The van der Waals surface area contributed by atoms with Crippen molar-refractivity contribution in [1.82, 2.24) is 0 Å². The van der Waals surface area contributed by atoms with Crippen LogP contribution in [0.25, 0.3) is 0 Å². The van der Waals surface area contributed by atoms with Crippen LogP contribution in [0.2, 0.25) is 0 Å². The Labute approximate surface area is 79.8 Å². The summed E-state index contributed by atoms with van der Waals surface area (Å²) < 4.78 is 0. The van der Waals surface area contributed by atoms with Crippen molar-refractivity contribution < 1.29 is 5.11 Å². The maximum atomic E-state index is 9.23. The summed E-state index contributed by atoms with van der Waals surface area (Å²) in [5.41, 5.74) is 2.43. The van der Waals surface area contributed by atoms with E-state index in [1.165, 1.54) is 11.3 Å². The van der Waals surface area contributed by atoms with Crippen LogP contribution < -0.4 is 4.90 Å². The SMILES string of the molecule is Cc1ccccc1N(C)C[C@@H](C)O. The van der Waals surface area contributed by atoms with Crippen LogP contribution in [0.1, 0.15) is 12.5 Å². The molecular weight excluding hydrogens is 162 g/mol. The van der Waals surface area contributed by atoms with E-state index >= 15 is 0 Å². The summed E-state index contributed by atoms with van der Waals surface area (Å²) in [5, 5.41) is 9.23. The number of likely N-dealkylation sites (N-methyl/N-ethyl adjacent to an activating group) is 1. The Morgan fingerprint density at radius 3 is 2.54 bits per heavy atom. The molecule has 0 heterocycles. The molecular formula is C11H17NO. The second-order valence-electron chi connectivity index (χ2n) is 3.52. The van der Waals surface area contributed by atoms with Gasteiger partial charge < -0.3 is 10.0 Å². The van der Waals surface area contributed by atoms with Crippen molar-refractivity contribution >= 4 is 5.69 Å². The Balaban J connectivity index is 2.76. The molecule has 13 heavy (non-hydrogen) atoms. The molecule has 1 aromatic carbocycles. The molecule has 0 aromatic heterocycles. The highest BCUT2D eigenvalue weighted by molar-refractivity contribution is 5.52. The van der Waals surface area contributed by atoms with Crippen LogP contribution in [0.5, 0.6) is 0 Å². The van der Waals surface area contributed by atoms with Crippen molar-refractivity contribution in [2.24, 2.45) is 0 Å². The Morgan fingerprint density at radius 1 is 1.38 bits per heavy atom. The zero-order valence-electron chi connectivity index (χ0n) is 8.49. The van der Waals surface area contributed by atoms with Gasteiger partial charge >= 0.3 is 0 Å². The highest BCUT2D eigenvalue weighted by Gasteiger charge is 2.05. The van der Waals surface area contributed by atoms with Crippen molar-refractivity contribution in [3.05, 3.63) is 29.8 Å². The first-order valence-electron chi connectivity index (χ1n) is 4.56. The standard InChI is InChI=1S/C11H17NO/c1-9-6-4-5-7-11(9)12(3)8-10(2)13/h4-7,10,13H,8H2,1-3H3/t10-/m1/s1. The lowest BCUT2D eigenvalue weighted by Gasteiger charge is -2.22. The van der Waals surface area contributed by atoms with Crippen LogP contribution in [0.4, 0.5) is 5.69 Å². The molecule has 1 aromatic rings. The van der Waals surface area contributed by atoms with E-state index in [9.17, 15) is 5.11 Å². The fourth-order valence-electron chi connectivity index (χ4n) is 1.49. The smallest absolute Gasteiger partial charge is 0.0686 e. The zero-order chi connectivity index (χ0) is 9.84. The number of aryl methyl sites for hydroxylation is 1. The predicted molar refractivity (Wildman–Crippen MR) is 56.1 cm³/mol. The number of aliphatic hydroxyl groups is 1. The topological polar surface area (TPSA) is 23.5 Å². The molecule has 1 rings (SSSR count). The first-order valence-corrected chi connectivity index (χ1v) is 4.56. The molecule has 2 nitrogen and oxygen atoms in total. The molecule has 0 unspecified atom stereocenters. The number of hydrogen-bond donors (Lipinski definition) is 1. The fourth-order valence-corrected chi connectivity index (χ4v) is 1.49. The van der Waals surface area contributed by atoms with Gasteiger partial charge in [0.2, 0.25) is 0 Å². The third-order valence-corrected chi connectivity index (χ3v) is 2.06. The molecule has 0 radical (unpaired) electrons. The summed E-state index contributed by atoms with van der Waals surface area (Å²) in [6.45, 7) is 4.55. The number of benzene rings is 1. The average molecular weight is 179 g/mol. The van der Waals surface area contributed by atoms with E-state index in [4.69, 9.17) is 0 Å². The van der Waals surface area contributed by atoms with Gasteiger partial charge in [0.25, 0.3) is 0 Å². The van der Waals surface area contributed by atoms with Gasteiger partial charge in [0, 0.05) is 19.3 Å². The highest BCUT2D eigenvalue weighted by Crippen LogP contribution is 2.17. The lowest BCUT2D eigenvalue weighted by Crippen LogP contribution is -2.27. The van der Waals surface area contributed by atoms with Gasteiger partial charge in [0.1, 0.15) is 0 Å². The van der Waals surface area contributed by atoms with E-state index in [2.05, 4.69) is 24.0 Å². The van der Waals surface area contributed by atoms with Crippen LogP contribution in [0.15, 0.2) is 24.3 Å². The molecule has 1 N–H and O–H groups in total. The van der Waals surface area contributed by atoms with E-state index in [1.807, 2.05) is 19.2 Å². The van der Waals surface area contributed by atoms with Gasteiger partial charge in [0.15, 0.2) is 0 Å². The Morgan fingerprint density at radius 2 is 2.00 bits per heavy atom. The largest absolute Gasteiger partial charge is 0.392 e. The first-order chi connectivity index (χ1) is 6.11. The van der Waals surface area contributed by atoms with Crippen molar-refractivity contribution in [2.45, 2.75) is 20.0 Å². The molecule has 72 valence electrons. The number of hydrogen-bond acceptors (Lipinski definition) is 2. The van der Waals surface area contributed by atoms with Crippen molar-refractivity contribution in [3.8, 4) is 0 Å². The Hall–Kier alpha value is -1.02. The van der Waals surface area contributed by atoms with Crippen LogP contribution in [-0.2, 0) is 0 Å². The highest BCUT2D eigenvalue weighted by atomic mass is 16.3. The molecule has 0 aliphatic heterocycles. The summed E-state index contributed by atoms with van der Waals surface area (Å²) >= 11 is 0. The second kappa shape index (κ2) is 4.28. The Kier molecular flexibility index (Phi) is 3.32. The van der Waals surface area contributed by atoms with Gasteiger partial charge in [-0.05, 0) is 25.5 Å². The molecule has 0 fully saturated rings. The summed E-state index contributed by atoms with van der Waals surface area (Å²) in [7, 11) is 2.00. The summed E-state index contributed by atoms with van der Waals surface area (Å²) in [4.78, 5) is 2.07. The second-order valence-corrected chi connectivity index (χ2v) is 3.52. The van der Waals surface area contributed by atoms with Gasteiger partial charge in [-0.2, -0.15) is 0 Å². The van der Waals surface area contributed by atoms with Crippen LogP contribution in [-0.4, -0.2) is 24.8 Å². The monoisotopic (exact) mass is 179 g/mol. The van der Waals surface area contributed by atoms with Gasteiger partial charge in [0.05, 0.1) is 6.10 Å². The van der Waals surface area contributed by atoms with E-state index in [0.717, 1.165) is 0 Å². The lowest BCUT2D eigenvalue weighted by atomic mass is 10.2. The molecule has 0 saturated carbocycles. The fraction of sp³-hybridized carbons (Fsp3) is 0.455. The van der Waals surface area contributed by atoms with Gasteiger partial charge in [-0.15, -0.1) is 0 Å².